The summed E-state index contributed by atoms with van der Waals surface area (Å²) in [5.41, 5.74) is -2.83. The van der Waals surface area contributed by atoms with Crippen LogP contribution < -0.4 is 5.32 Å². The van der Waals surface area contributed by atoms with E-state index in [1.54, 1.807) is 0 Å². The number of halogens is 6. The van der Waals surface area contributed by atoms with Gasteiger partial charge in [0.2, 0.25) is 0 Å². The van der Waals surface area contributed by atoms with Crippen LogP contribution in [0.1, 0.15) is 21.6 Å². The molecule has 0 unspecified atom stereocenters. The number of nitrogens with zero attached hydrogens (tertiary/aromatic N) is 6. The smallest absolute Gasteiger partial charge is 0.343 e. The molecule has 4 aromatic heterocycles. The Morgan fingerprint density at radius 3 is 2.22 bits per heavy atom. The van der Waals surface area contributed by atoms with Gasteiger partial charge in [-0.1, -0.05) is 0 Å². The number of amides is 1. The summed E-state index contributed by atoms with van der Waals surface area (Å²) in [5.74, 6) is -0.537. The van der Waals surface area contributed by atoms with Crippen LogP contribution in [0, 0.1) is 0 Å². The summed E-state index contributed by atoms with van der Waals surface area (Å²) in [6.07, 6.45) is -6.35. The molecule has 0 fully saturated rings. The maximum absolute atomic E-state index is 13.7. The first-order valence-electron chi connectivity index (χ1n) is 10.1. The summed E-state index contributed by atoms with van der Waals surface area (Å²) in [6.45, 7) is 0. The molecule has 0 aliphatic carbocycles. The fourth-order valence-electron chi connectivity index (χ4n) is 3.14. The molecule has 0 aromatic carbocycles. The first kappa shape index (κ1) is 24.8. The quantitative estimate of drug-likeness (QED) is 0.390. The highest BCUT2D eigenvalue weighted by Gasteiger charge is 2.36. The van der Waals surface area contributed by atoms with Gasteiger partial charge in [-0.3, -0.25) is 4.79 Å². The largest absolute Gasteiger partial charge is 0.418 e. The van der Waals surface area contributed by atoms with E-state index in [-0.39, 0.29) is 34.1 Å². The fourth-order valence-corrected chi connectivity index (χ4v) is 3.14. The average molecular weight is 507 g/mol. The Balaban J connectivity index is 1.75. The minimum Gasteiger partial charge on any atom is -0.343 e. The lowest BCUT2D eigenvalue weighted by Gasteiger charge is -2.15. The van der Waals surface area contributed by atoms with Crippen molar-refractivity contribution in [2.75, 3.05) is 19.4 Å². The molecule has 4 heterocycles. The van der Waals surface area contributed by atoms with Crippen LogP contribution in [-0.4, -0.2) is 49.8 Å². The Bertz CT molecular complexity index is 1440. The fraction of sp³-hybridized carbons (Fsp3) is 0.182. The molecule has 0 spiro atoms. The SMILES string of the molecule is CN(C)C(=O)c1ccc(C(F)(F)F)c(-c2cnc3c(Nc4ccc(C(F)(F)F)cn4)ccnc3n2)n1. The molecule has 4 aromatic rings. The molecular formula is C22H15F6N7O. The number of carbonyl (C=O) groups is 1. The molecule has 1 amide bonds. The van der Waals surface area contributed by atoms with Crippen LogP contribution in [-0.2, 0) is 12.4 Å². The first-order valence-corrected chi connectivity index (χ1v) is 10.1. The highest BCUT2D eigenvalue weighted by Crippen LogP contribution is 2.36. The number of fused-ring (bicyclic) bond motifs is 1. The molecule has 0 bridgehead atoms. The van der Waals surface area contributed by atoms with Gasteiger partial charge in [-0.2, -0.15) is 26.3 Å². The molecule has 0 atom stereocenters. The number of aromatic nitrogens is 5. The summed E-state index contributed by atoms with van der Waals surface area (Å²) in [4.78, 5) is 33.4. The molecule has 14 heteroatoms. The molecule has 4 rings (SSSR count). The summed E-state index contributed by atoms with van der Waals surface area (Å²) in [6, 6.07) is 5.12. The van der Waals surface area contributed by atoms with Crippen molar-refractivity contribution < 1.29 is 31.1 Å². The van der Waals surface area contributed by atoms with Gasteiger partial charge >= 0.3 is 12.4 Å². The summed E-state index contributed by atoms with van der Waals surface area (Å²) < 4.78 is 79.3. The maximum Gasteiger partial charge on any atom is 0.418 e. The standard InChI is InChI=1S/C22H15F6N7O/c1-35(2)20(36)14-5-4-12(22(26,27)28)17(33-14)15-10-31-18-13(7-8-29-19(18)34-15)32-16-6-3-11(9-30-16)21(23,24)25/h3-10H,1-2H3,(H,29,30,32,34). The highest BCUT2D eigenvalue weighted by molar-refractivity contribution is 5.93. The van der Waals surface area contributed by atoms with E-state index in [2.05, 4.69) is 30.2 Å². The minimum absolute atomic E-state index is 0.0660. The van der Waals surface area contributed by atoms with Crippen LogP contribution in [0.4, 0.5) is 37.8 Å². The normalized spacial score (nSPS) is 12.0. The summed E-state index contributed by atoms with van der Waals surface area (Å²) in [5, 5.41) is 2.79. The van der Waals surface area contributed by atoms with Crippen LogP contribution in [0.2, 0.25) is 0 Å². The number of anilines is 2. The molecule has 0 aliphatic rings. The molecule has 1 N–H and O–H groups in total. The number of hydrogen-bond donors (Lipinski definition) is 1. The van der Waals surface area contributed by atoms with Gasteiger partial charge in [0.05, 0.1) is 23.0 Å². The van der Waals surface area contributed by atoms with E-state index in [9.17, 15) is 31.1 Å². The van der Waals surface area contributed by atoms with Gasteiger partial charge in [-0.25, -0.2) is 24.9 Å². The van der Waals surface area contributed by atoms with E-state index in [1.165, 1.54) is 31.3 Å². The summed E-state index contributed by atoms with van der Waals surface area (Å²) >= 11 is 0. The van der Waals surface area contributed by atoms with Crippen molar-refractivity contribution in [2.24, 2.45) is 0 Å². The molecule has 0 radical (unpaired) electrons. The van der Waals surface area contributed by atoms with Gasteiger partial charge in [0.25, 0.3) is 5.91 Å². The van der Waals surface area contributed by atoms with E-state index in [0.717, 1.165) is 30.5 Å². The predicted molar refractivity (Wildman–Crippen MR) is 116 cm³/mol. The summed E-state index contributed by atoms with van der Waals surface area (Å²) in [7, 11) is 2.86. The van der Waals surface area contributed by atoms with Gasteiger partial charge < -0.3 is 10.2 Å². The van der Waals surface area contributed by atoms with E-state index in [0.29, 0.717) is 6.20 Å². The lowest BCUT2D eigenvalue weighted by molar-refractivity contribution is -0.138. The van der Waals surface area contributed by atoms with Crippen LogP contribution in [0.3, 0.4) is 0 Å². The second-order valence-electron chi connectivity index (χ2n) is 7.63. The van der Waals surface area contributed by atoms with Gasteiger partial charge in [-0.15, -0.1) is 0 Å². The number of alkyl halides is 6. The zero-order valence-electron chi connectivity index (χ0n) is 18.5. The number of pyridine rings is 3. The maximum atomic E-state index is 13.7. The molecule has 0 saturated heterocycles. The Morgan fingerprint density at radius 2 is 1.61 bits per heavy atom. The van der Waals surface area contributed by atoms with E-state index >= 15 is 0 Å². The van der Waals surface area contributed by atoms with E-state index < -0.39 is 35.1 Å². The zero-order chi connectivity index (χ0) is 26.3. The van der Waals surface area contributed by atoms with Crippen molar-refractivity contribution in [1.82, 2.24) is 29.8 Å². The lowest BCUT2D eigenvalue weighted by atomic mass is 10.1. The molecule has 186 valence electrons. The second-order valence-corrected chi connectivity index (χ2v) is 7.63. The van der Waals surface area contributed by atoms with Crippen LogP contribution in [0.15, 0.2) is 48.9 Å². The van der Waals surface area contributed by atoms with Gasteiger partial charge in [-0.05, 0) is 30.3 Å². The molecule has 0 aliphatic heterocycles. The topological polar surface area (TPSA) is 96.8 Å². The number of rotatable bonds is 4. The monoisotopic (exact) mass is 507 g/mol. The van der Waals surface area contributed by atoms with Crippen molar-refractivity contribution in [3.05, 3.63) is 65.7 Å². The predicted octanol–water partition coefficient (Wildman–Crippen LogP) is 4.96. The Labute approximate surface area is 199 Å². The van der Waals surface area contributed by atoms with E-state index in [4.69, 9.17) is 0 Å². The van der Waals surface area contributed by atoms with E-state index in [1.807, 2.05) is 0 Å². The number of hydrogen-bond acceptors (Lipinski definition) is 7. The number of nitrogens with one attached hydrogen (secondary N) is 1. The Hall–Kier alpha value is -4.36. The molecular weight excluding hydrogens is 492 g/mol. The van der Waals surface area contributed by atoms with Crippen molar-refractivity contribution in [3.8, 4) is 11.4 Å². The second kappa shape index (κ2) is 9.02. The van der Waals surface area contributed by atoms with Gasteiger partial charge in [0.15, 0.2) is 5.65 Å². The Morgan fingerprint density at radius 1 is 0.861 bits per heavy atom. The third-order valence-electron chi connectivity index (χ3n) is 4.87. The molecule has 8 nitrogen and oxygen atoms in total. The van der Waals surface area contributed by atoms with Crippen molar-refractivity contribution >= 4 is 28.6 Å². The third-order valence-corrected chi connectivity index (χ3v) is 4.87. The highest BCUT2D eigenvalue weighted by atomic mass is 19.4. The minimum atomic E-state index is -4.79. The van der Waals surface area contributed by atoms with Crippen molar-refractivity contribution in [3.63, 3.8) is 0 Å². The van der Waals surface area contributed by atoms with Crippen LogP contribution in [0.25, 0.3) is 22.6 Å². The van der Waals surface area contributed by atoms with Crippen LogP contribution in [0.5, 0.6) is 0 Å². The average Bonchev–Trinajstić information content (AvgIpc) is 2.82. The van der Waals surface area contributed by atoms with Crippen molar-refractivity contribution in [2.45, 2.75) is 12.4 Å². The molecule has 36 heavy (non-hydrogen) atoms. The van der Waals surface area contributed by atoms with Crippen molar-refractivity contribution in [1.29, 1.82) is 0 Å². The molecule has 0 saturated carbocycles. The number of carbonyl (C=O) groups excluding carboxylic acids is 1. The lowest BCUT2D eigenvalue weighted by Crippen LogP contribution is -2.23. The Kier molecular flexibility index (Phi) is 6.20. The van der Waals surface area contributed by atoms with Gasteiger partial charge in [0, 0.05) is 26.5 Å². The third kappa shape index (κ3) is 5.01. The van der Waals surface area contributed by atoms with Crippen LogP contribution >= 0.6 is 0 Å². The van der Waals surface area contributed by atoms with Gasteiger partial charge in [0.1, 0.15) is 28.4 Å². The zero-order valence-corrected chi connectivity index (χ0v) is 18.5. The first-order chi connectivity index (χ1) is 16.8.